The molecule has 0 atom stereocenters. The van der Waals surface area contributed by atoms with Gasteiger partial charge in [-0.05, 0) is 25.7 Å². The molecule has 5 heterocycles. The molecular formula is C28H36N18O4. The number of methoxy groups -OCH3 is 1. The lowest BCUT2D eigenvalue weighted by Gasteiger charge is -2.06. The highest BCUT2D eigenvalue weighted by atomic mass is 16.5. The molecule has 0 saturated heterocycles. The lowest BCUT2D eigenvalue weighted by atomic mass is 10.2. The van der Waals surface area contributed by atoms with Gasteiger partial charge in [0.1, 0.15) is 12.9 Å². The van der Waals surface area contributed by atoms with E-state index in [9.17, 15) is 14.7 Å². The highest BCUT2D eigenvalue weighted by Gasteiger charge is 2.24. The molecule has 262 valence electrons. The molecule has 0 fully saturated rings. The Morgan fingerprint density at radius 1 is 0.800 bits per heavy atom. The molecule has 5 aromatic rings. The van der Waals surface area contributed by atoms with Gasteiger partial charge in [-0.1, -0.05) is 37.1 Å². The summed E-state index contributed by atoms with van der Waals surface area (Å²) in [6.45, 7) is 3.32. The molecule has 0 aliphatic heterocycles. The van der Waals surface area contributed by atoms with E-state index in [1.807, 2.05) is 13.8 Å². The summed E-state index contributed by atoms with van der Waals surface area (Å²) in [5.41, 5.74) is 14.6. The number of esters is 1. The van der Waals surface area contributed by atoms with E-state index >= 15 is 0 Å². The number of nitrogen functional groups attached to an aromatic ring is 2. The van der Waals surface area contributed by atoms with E-state index in [1.54, 1.807) is 20.2 Å². The van der Waals surface area contributed by atoms with Gasteiger partial charge in [-0.2, -0.15) is 19.6 Å². The van der Waals surface area contributed by atoms with E-state index in [0.717, 1.165) is 25.7 Å². The number of hydrogen-bond donors (Lipinski definition) is 3. The number of unbranched alkanes of at least 4 members (excludes halogenated alkanes) is 2. The van der Waals surface area contributed by atoms with Gasteiger partial charge in [-0.25, -0.2) is 24.1 Å². The summed E-state index contributed by atoms with van der Waals surface area (Å²) in [5, 5.41) is 51.1. The van der Waals surface area contributed by atoms with E-state index in [2.05, 4.69) is 56.1 Å². The molecule has 0 bridgehead atoms. The van der Waals surface area contributed by atoms with Gasteiger partial charge in [0, 0.05) is 20.2 Å². The molecule has 5 rings (SSSR count). The van der Waals surface area contributed by atoms with Gasteiger partial charge >= 0.3 is 5.97 Å². The number of carbonyl (C=O) groups excluding carboxylic acids is 2. The Morgan fingerprint density at radius 2 is 1.28 bits per heavy atom. The summed E-state index contributed by atoms with van der Waals surface area (Å²) >= 11 is 0. The average molecular weight is 689 g/mol. The van der Waals surface area contributed by atoms with Crippen LogP contribution in [0.25, 0.3) is 11.6 Å². The fraction of sp³-hybridized carbons (Fsp3) is 0.429. The van der Waals surface area contributed by atoms with Crippen molar-refractivity contribution in [2.24, 2.45) is 34.6 Å². The summed E-state index contributed by atoms with van der Waals surface area (Å²) < 4.78 is 10.1. The van der Waals surface area contributed by atoms with E-state index in [1.165, 1.54) is 32.2 Å². The first kappa shape index (κ1) is 35.0. The zero-order chi connectivity index (χ0) is 35.9. The molecule has 22 heteroatoms. The Hall–Kier alpha value is -6.32. The number of Topliss-reactive ketones (excluding diaryl/α,β-unsaturated/α-hetero) is 1. The van der Waals surface area contributed by atoms with Crippen LogP contribution < -0.4 is 11.5 Å². The van der Waals surface area contributed by atoms with Gasteiger partial charge in [0.2, 0.25) is 23.1 Å². The van der Waals surface area contributed by atoms with Crippen molar-refractivity contribution in [1.29, 1.82) is 0 Å². The van der Waals surface area contributed by atoms with E-state index in [0.29, 0.717) is 24.2 Å². The first-order valence-electron chi connectivity index (χ1n) is 15.6. The summed E-state index contributed by atoms with van der Waals surface area (Å²) in [6, 6.07) is 1.59. The lowest BCUT2D eigenvalue weighted by Crippen LogP contribution is -2.09. The number of hydrogen-bond acceptors (Lipinski definition) is 18. The molecule has 5 N–H and O–H groups in total. The molecule has 0 aromatic carbocycles. The SMILES string of the molecule is CCCCc1nn(-c2cc(-n3nc(CCCC)c(N=Nc4c(C(=O)OC)nnn4C)c3N)ncn2)c(N)c1N=Nc1c(C(=O)CO)nnn1C. The molecule has 0 unspecified atom stereocenters. The van der Waals surface area contributed by atoms with Crippen LogP contribution in [0.3, 0.4) is 0 Å². The number of aryl methyl sites for hydroxylation is 4. The van der Waals surface area contributed by atoms with Crippen LogP contribution in [0.15, 0.2) is 32.9 Å². The second-order valence-corrected chi connectivity index (χ2v) is 10.9. The summed E-state index contributed by atoms with van der Waals surface area (Å²) in [5.74, 6) is -0.443. The van der Waals surface area contributed by atoms with E-state index in [-0.39, 0.29) is 57.7 Å². The molecule has 0 saturated carbocycles. The molecule has 0 radical (unpaired) electrons. The minimum Gasteiger partial charge on any atom is -0.464 e. The number of rotatable bonds is 15. The second kappa shape index (κ2) is 15.3. The predicted octanol–water partition coefficient (Wildman–Crippen LogP) is 2.75. The highest BCUT2D eigenvalue weighted by molar-refractivity contribution is 5.98. The topological polar surface area (TPSA) is 288 Å². The number of anilines is 2. The van der Waals surface area contributed by atoms with Crippen LogP contribution in [0.5, 0.6) is 0 Å². The van der Waals surface area contributed by atoms with Gasteiger partial charge < -0.3 is 21.3 Å². The van der Waals surface area contributed by atoms with Crippen molar-refractivity contribution < 1.29 is 19.4 Å². The number of carbonyl (C=O) groups is 2. The van der Waals surface area contributed by atoms with Crippen molar-refractivity contribution >= 4 is 46.4 Å². The minimum absolute atomic E-state index is 0.0455. The maximum atomic E-state index is 12.2. The maximum absolute atomic E-state index is 12.2. The third-order valence-electron chi connectivity index (χ3n) is 7.41. The second-order valence-electron chi connectivity index (χ2n) is 10.9. The van der Waals surface area contributed by atoms with Crippen molar-refractivity contribution in [2.45, 2.75) is 52.4 Å². The largest absolute Gasteiger partial charge is 0.464 e. The number of aromatic nitrogens is 12. The average Bonchev–Trinajstić information content (AvgIpc) is 3.86. The fourth-order valence-corrected chi connectivity index (χ4v) is 4.71. The molecule has 0 aliphatic carbocycles. The van der Waals surface area contributed by atoms with Crippen LogP contribution in [-0.4, -0.2) is 90.1 Å². The number of azo groups is 2. The van der Waals surface area contributed by atoms with Gasteiger partial charge in [-0.15, -0.1) is 30.7 Å². The monoisotopic (exact) mass is 688 g/mol. The van der Waals surface area contributed by atoms with Gasteiger partial charge in [0.15, 0.2) is 40.3 Å². The Morgan fingerprint density at radius 3 is 1.74 bits per heavy atom. The molecule has 0 aliphatic rings. The standard InChI is InChI=1S/C28H36N18O4/c1-6-8-10-15-20(33-37-26-22(17(48)13-47)35-41-43(26)3)24(29)45(39-15)18-12-19(32-14-31-18)46-25(30)21(16(40-46)11-9-7-2)34-38-27-23(28(49)50-5)36-42-44(27)4/h12,14,47H,6-11,13,29-30H2,1-5H3. The maximum Gasteiger partial charge on any atom is 0.362 e. The zero-order valence-corrected chi connectivity index (χ0v) is 28.1. The number of nitrogens with two attached hydrogens (primary N) is 2. The number of ether oxygens (including phenoxy) is 1. The molecule has 5 aromatic heterocycles. The van der Waals surface area contributed by atoms with Crippen molar-refractivity contribution in [3.8, 4) is 11.6 Å². The summed E-state index contributed by atoms with van der Waals surface area (Å²) in [7, 11) is 4.33. The number of nitrogens with zero attached hydrogens (tertiary/aromatic N) is 16. The Kier molecular flexibility index (Phi) is 10.7. The first-order valence-corrected chi connectivity index (χ1v) is 15.6. The van der Waals surface area contributed by atoms with Gasteiger partial charge in [-0.3, -0.25) is 4.79 Å². The third-order valence-corrected chi connectivity index (χ3v) is 7.41. The van der Waals surface area contributed by atoms with E-state index in [4.69, 9.17) is 21.3 Å². The van der Waals surface area contributed by atoms with Crippen molar-refractivity contribution in [3.05, 3.63) is 35.2 Å². The number of aliphatic hydroxyl groups excluding tert-OH is 1. The Labute approximate surface area is 284 Å². The molecular weight excluding hydrogens is 652 g/mol. The zero-order valence-electron chi connectivity index (χ0n) is 28.1. The molecule has 0 spiro atoms. The quantitative estimate of drug-likeness (QED) is 0.0810. The number of aliphatic hydroxyl groups is 1. The fourth-order valence-electron chi connectivity index (χ4n) is 4.71. The molecule has 22 nitrogen and oxygen atoms in total. The number of ketones is 1. The van der Waals surface area contributed by atoms with Crippen LogP contribution in [0.1, 0.15) is 71.9 Å². The minimum atomic E-state index is -0.761. The van der Waals surface area contributed by atoms with Crippen LogP contribution in [-0.2, 0) is 31.7 Å². The van der Waals surface area contributed by atoms with Gasteiger partial charge in [0.05, 0.1) is 18.5 Å². The summed E-state index contributed by atoms with van der Waals surface area (Å²) in [6.07, 6.45) is 5.71. The highest BCUT2D eigenvalue weighted by Crippen LogP contribution is 2.34. The van der Waals surface area contributed by atoms with Crippen molar-refractivity contribution in [3.63, 3.8) is 0 Å². The van der Waals surface area contributed by atoms with Gasteiger partial charge in [0.25, 0.3) is 0 Å². The third kappa shape index (κ3) is 6.94. The molecule has 0 amide bonds. The van der Waals surface area contributed by atoms with Crippen molar-refractivity contribution in [2.75, 3.05) is 25.2 Å². The van der Waals surface area contributed by atoms with Crippen LogP contribution in [0.2, 0.25) is 0 Å². The van der Waals surface area contributed by atoms with Crippen LogP contribution >= 0.6 is 0 Å². The normalized spacial score (nSPS) is 11.7. The Balaban J connectivity index is 1.55. The summed E-state index contributed by atoms with van der Waals surface area (Å²) in [4.78, 5) is 33.1. The van der Waals surface area contributed by atoms with E-state index < -0.39 is 18.4 Å². The Bertz CT molecular complexity index is 1930. The lowest BCUT2D eigenvalue weighted by molar-refractivity contribution is 0.0594. The first-order chi connectivity index (χ1) is 24.1. The van der Waals surface area contributed by atoms with Crippen LogP contribution in [0.4, 0.5) is 34.6 Å². The molecule has 50 heavy (non-hydrogen) atoms. The smallest absolute Gasteiger partial charge is 0.362 e. The van der Waals surface area contributed by atoms with Crippen molar-refractivity contribution in [1.82, 2.24) is 59.5 Å². The predicted molar refractivity (Wildman–Crippen MR) is 175 cm³/mol. The van der Waals surface area contributed by atoms with Crippen LogP contribution in [0, 0.1) is 0 Å².